The van der Waals surface area contributed by atoms with E-state index in [1.165, 1.54) is 0 Å². The molecule has 0 aliphatic heterocycles. The Morgan fingerprint density at radius 3 is 2.45 bits per heavy atom. The molecule has 5 heteroatoms. The number of nitrogens with two attached hydrogens (primary N) is 1. The molecule has 0 saturated heterocycles. The number of rotatable bonds is 4. The van der Waals surface area contributed by atoms with Crippen LogP contribution in [0.4, 0.5) is 5.69 Å². The molecule has 2 aromatic carbocycles. The summed E-state index contributed by atoms with van der Waals surface area (Å²) >= 11 is 11.7. The Morgan fingerprint density at radius 1 is 1.10 bits per heavy atom. The van der Waals surface area contributed by atoms with Crippen LogP contribution in [0.5, 0.6) is 0 Å². The predicted octanol–water partition coefficient (Wildman–Crippen LogP) is 3.50. The Hall–Kier alpha value is -1.55. The highest BCUT2D eigenvalue weighted by Crippen LogP contribution is 2.25. The van der Waals surface area contributed by atoms with Crippen molar-refractivity contribution in [2.24, 2.45) is 5.73 Å². The fourth-order valence-corrected chi connectivity index (χ4v) is 2.07. The number of benzene rings is 2. The Kier molecular flexibility index (Phi) is 5.01. The summed E-state index contributed by atoms with van der Waals surface area (Å²) in [5, 5.41) is 3.56. The first-order valence-corrected chi connectivity index (χ1v) is 6.87. The number of hydrogen-bond acceptors (Lipinski definition) is 2. The van der Waals surface area contributed by atoms with Gasteiger partial charge in [-0.3, -0.25) is 4.79 Å². The quantitative estimate of drug-likeness (QED) is 0.908. The topological polar surface area (TPSA) is 55.1 Å². The van der Waals surface area contributed by atoms with E-state index in [0.29, 0.717) is 22.2 Å². The first-order valence-electron chi connectivity index (χ1n) is 6.11. The molecule has 1 atom stereocenters. The minimum absolute atomic E-state index is 0.257. The van der Waals surface area contributed by atoms with Crippen LogP contribution in [-0.4, -0.2) is 11.9 Å². The predicted molar refractivity (Wildman–Crippen MR) is 83.2 cm³/mol. The molecule has 20 heavy (non-hydrogen) atoms. The molecule has 1 amide bonds. The molecular formula is C15H14Cl2N2O. The van der Waals surface area contributed by atoms with Gasteiger partial charge in [0, 0.05) is 5.69 Å². The first kappa shape index (κ1) is 14.9. The third kappa shape index (κ3) is 3.97. The Bertz CT molecular complexity index is 602. The normalized spacial score (nSPS) is 11.9. The largest absolute Gasteiger partial charge is 0.325 e. The number of nitrogens with one attached hydrogen (secondary N) is 1. The summed E-state index contributed by atoms with van der Waals surface area (Å²) in [4.78, 5) is 12.0. The molecule has 0 aromatic heterocycles. The van der Waals surface area contributed by atoms with E-state index in [4.69, 9.17) is 28.9 Å². The molecule has 104 valence electrons. The lowest BCUT2D eigenvalue weighted by Gasteiger charge is -2.12. The van der Waals surface area contributed by atoms with Gasteiger partial charge in [-0.15, -0.1) is 0 Å². The highest BCUT2D eigenvalue weighted by molar-refractivity contribution is 6.42. The van der Waals surface area contributed by atoms with Crippen LogP contribution in [0, 0.1) is 0 Å². The van der Waals surface area contributed by atoms with Crippen molar-refractivity contribution in [2.75, 3.05) is 5.32 Å². The minimum Gasteiger partial charge on any atom is -0.325 e. The van der Waals surface area contributed by atoms with Gasteiger partial charge in [0.15, 0.2) is 0 Å². The van der Waals surface area contributed by atoms with Gasteiger partial charge in [-0.05, 0) is 30.2 Å². The molecule has 0 saturated carbocycles. The van der Waals surface area contributed by atoms with Crippen molar-refractivity contribution in [3.63, 3.8) is 0 Å². The Morgan fingerprint density at radius 2 is 1.80 bits per heavy atom. The van der Waals surface area contributed by atoms with Crippen molar-refractivity contribution >= 4 is 34.8 Å². The molecule has 3 nitrogen and oxygen atoms in total. The monoisotopic (exact) mass is 308 g/mol. The Balaban J connectivity index is 1.99. The lowest BCUT2D eigenvalue weighted by molar-refractivity contribution is -0.117. The highest BCUT2D eigenvalue weighted by Gasteiger charge is 2.14. The summed E-state index contributed by atoms with van der Waals surface area (Å²) in [6.45, 7) is 0. The van der Waals surface area contributed by atoms with Gasteiger partial charge in [0.2, 0.25) is 5.91 Å². The molecule has 0 aliphatic rings. The molecule has 0 bridgehead atoms. The summed E-state index contributed by atoms with van der Waals surface area (Å²) in [6, 6.07) is 13.9. The second kappa shape index (κ2) is 6.75. The van der Waals surface area contributed by atoms with E-state index in [2.05, 4.69) is 5.32 Å². The van der Waals surface area contributed by atoms with E-state index in [1.54, 1.807) is 18.2 Å². The van der Waals surface area contributed by atoms with Crippen molar-refractivity contribution < 1.29 is 4.79 Å². The van der Waals surface area contributed by atoms with Crippen molar-refractivity contribution in [3.05, 3.63) is 64.1 Å². The third-order valence-electron chi connectivity index (χ3n) is 2.82. The molecule has 2 aromatic rings. The number of halogens is 2. The third-order valence-corrected chi connectivity index (χ3v) is 3.56. The van der Waals surface area contributed by atoms with Crippen LogP contribution in [0.3, 0.4) is 0 Å². The molecule has 0 fully saturated rings. The van der Waals surface area contributed by atoms with Crippen LogP contribution in [0.1, 0.15) is 5.56 Å². The van der Waals surface area contributed by atoms with Crippen molar-refractivity contribution in [1.82, 2.24) is 0 Å². The summed E-state index contributed by atoms with van der Waals surface area (Å²) < 4.78 is 0. The first-order chi connectivity index (χ1) is 9.56. The molecule has 0 heterocycles. The SMILES string of the molecule is N[C@H](Cc1ccccc1)C(=O)Nc1ccc(Cl)c(Cl)c1. The Labute approximate surface area is 127 Å². The molecule has 0 spiro atoms. The summed E-state index contributed by atoms with van der Waals surface area (Å²) in [5.74, 6) is -0.257. The van der Waals surface area contributed by atoms with Gasteiger partial charge in [0.25, 0.3) is 0 Å². The van der Waals surface area contributed by atoms with Crippen molar-refractivity contribution in [1.29, 1.82) is 0 Å². The van der Waals surface area contributed by atoms with Crippen LogP contribution < -0.4 is 11.1 Å². The molecule has 0 unspecified atom stereocenters. The lowest BCUT2D eigenvalue weighted by Crippen LogP contribution is -2.37. The van der Waals surface area contributed by atoms with E-state index < -0.39 is 6.04 Å². The number of carbonyl (C=O) groups excluding carboxylic acids is 1. The maximum Gasteiger partial charge on any atom is 0.241 e. The smallest absolute Gasteiger partial charge is 0.241 e. The fourth-order valence-electron chi connectivity index (χ4n) is 1.77. The van der Waals surface area contributed by atoms with E-state index in [0.717, 1.165) is 5.56 Å². The van der Waals surface area contributed by atoms with Crippen LogP contribution in [0.25, 0.3) is 0 Å². The average molecular weight is 309 g/mol. The van der Waals surface area contributed by atoms with Gasteiger partial charge in [0.05, 0.1) is 16.1 Å². The maximum absolute atomic E-state index is 12.0. The summed E-state index contributed by atoms with van der Waals surface area (Å²) in [7, 11) is 0. The standard InChI is InChI=1S/C15H14Cl2N2O/c16-12-7-6-11(9-13(12)17)19-15(20)14(18)8-10-4-2-1-3-5-10/h1-7,9,14H,8,18H2,(H,19,20)/t14-/m1/s1. The van der Waals surface area contributed by atoms with Gasteiger partial charge in [-0.2, -0.15) is 0 Å². The van der Waals surface area contributed by atoms with Gasteiger partial charge < -0.3 is 11.1 Å². The lowest BCUT2D eigenvalue weighted by atomic mass is 10.1. The average Bonchev–Trinajstić information content (AvgIpc) is 2.44. The zero-order valence-corrected chi connectivity index (χ0v) is 12.2. The van der Waals surface area contributed by atoms with Crippen molar-refractivity contribution in [3.8, 4) is 0 Å². The second-order valence-electron chi connectivity index (χ2n) is 4.41. The summed E-state index contributed by atoms with van der Waals surface area (Å²) in [6.07, 6.45) is 0.480. The van der Waals surface area contributed by atoms with E-state index in [1.807, 2.05) is 30.3 Å². The van der Waals surface area contributed by atoms with E-state index in [9.17, 15) is 4.79 Å². The highest BCUT2D eigenvalue weighted by atomic mass is 35.5. The molecule has 0 radical (unpaired) electrons. The van der Waals surface area contributed by atoms with Crippen LogP contribution in [0.15, 0.2) is 48.5 Å². The number of hydrogen-bond donors (Lipinski definition) is 2. The number of anilines is 1. The molecule has 2 rings (SSSR count). The van der Waals surface area contributed by atoms with Gasteiger partial charge >= 0.3 is 0 Å². The van der Waals surface area contributed by atoms with Gasteiger partial charge in [-0.25, -0.2) is 0 Å². The van der Waals surface area contributed by atoms with Crippen molar-refractivity contribution in [2.45, 2.75) is 12.5 Å². The number of carbonyl (C=O) groups is 1. The molecule has 0 aliphatic carbocycles. The summed E-state index contributed by atoms with van der Waals surface area (Å²) in [5.41, 5.74) is 7.49. The maximum atomic E-state index is 12.0. The number of amides is 1. The van der Waals surface area contributed by atoms with Crippen LogP contribution in [0.2, 0.25) is 10.0 Å². The fraction of sp³-hybridized carbons (Fsp3) is 0.133. The van der Waals surface area contributed by atoms with E-state index >= 15 is 0 Å². The second-order valence-corrected chi connectivity index (χ2v) is 5.23. The van der Waals surface area contributed by atoms with Gasteiger partial charge in [-0.1, -0.05) is 53.5 Å². The molecule has 3 N–H and O–H groups in total. The van der Waals surface area contributed by atoms with Crippen LogP contribution >= 0.6 is 23.2 Å². The van der Waals surface area contributed by atoms with E-state index in [-0.39, 0.29) is 5.91 Å². The zero-order chi connectivity index (χ0) is 14.5. The van der Waals surface area contributed by atoms with Crippen LogP contribution in [-0.2, 0) is 11.2 Å². The zero-order valence-electron chi connectivity index (χ0n) is 10.6. The minimum atomic E-state index is -0.619. The molecular weight excluding hydrogens is 295 g/mol. The van der Waals surface area contributed by atoms with Gasteiger partial charge in [0.1, 0.15) is 0 Å².